The van der Waals surface area contributed by atoms with E-state index in [1.165, 1.54) is 38.6 Å². The Kier molecular flexibility index (Phi) is 3.42. The normalized spacial score (nSPS) is 40.4. The summed E-state index contributed by atoms with van der Waals surface area (Å²) in [6.45, 7) is 6.47. The van der Waals surface area contributed by atoms with Crippen LogP contribution in [0.15, 0.2) is 0 Å². The average molecular weight is 238 g/mol. The molecule has 0 radical (unpaired) electrons. The van der Waals surface area contributed by atoms with E-state index >= 15 is 0 Å². The van der Waals surface area contributed by atoms with E-state index in [1.54, 1.807) is 0 Å². The van der Waals surface area contributed by atoms with Crippen LogP contribution in [0.1, 0.15) is 39.0 Å². The first kappa shape index (κ1) is 11.9. The van der Waals surface area contributed by atoms with Gasteiger partial charge in [-0.25, -0.2) is 0 Å². The van der Waals surface area contributed by atoms with Gasteiger partial charge in [-0.3, -0.25) is 0 Å². The molecule has 3 unspecified atom stereocenters. The molecule has 0 aromatic heterocycles. The van der Waals surface area contributed by atoms with Gasteiger partial charge in [0.1, 0.15) is 0 Å². The maximum Gasteiger partial charge on any atom is 0.0623 e. The largest absolute Gasteiger partial charge is 0.379 e. The molecule has 3 nitrogen and oxygen atoms in total. The Morgan fingerprint density at radius 1 is 1.35 bits per heavy atom. The Balaban J connectivity index is 1.51. The number of rotatable bonds is 4. The minimum absolute atomic E-state index is 0.593. The molecule has 2 N–H and O–H groups in total. The minimum Gasteiger partial charge on any atom is -0.379 e. The van der Waals surface area contributed by atoms with Gasteiger partial charge in [-0.2, -0.15) is 0 Å². The minimum atomic E-state index is 0.593. The number of hydrogen-bond acceptors (Lipinski definition) is 3. The molecular weight excluding hydrogens is 212 g/mol. The molecule has 3 fully saturated rings. The fourth-order valence-corrected chi connectivity index (χ4v) is 3.35. The molecule has 0 spiro atoms. The van der Waals surface area contributed by atoms with Gasteiger partial charge in [-0.1, -0.05) is 13.3 Å². The van der Waals surface area contributed by atoms with Crippen molar-refractivity contribution in [3.05, 3.63) is 0 Å². The highest BCUT2D eigenvalue weighted by Crippen LogP contribution is 2.44. The fraction of sp³-hybridized carbons (Fsp3) is 1.00. The summed E-state index contributed by atoms with van der Waals surface area (Å²) in [6, 6.07) is 1.32. The molecule has 17 heavy (non-hydrogen) atoms. The lowest BCUT2D eigenvalue weighted by Crippen LogP contribution is -2.51. The number of nitrogens with one attached hydrogen (secondary N) is 2. The van der Waals surface area contributed by atoms with Gasteiger partial charge in [0.25, 0.3) is 0 Å². The van der Waals surface area contributed by atoms with Gasteiger partial charge < -0.3 is 15.4 Å². The molecule has 2 saturated carbocycles. The molecule has 3 rings (SSSR count). The highest BCUT2D eigenvalue weighted by molar-refractivity contribution is 4.96. The van der Waals surface area contributed by atoms with E-state index in [1.807, 2.05) is 0 Å². The van der Waals surface area contributed by atoms with Crippen molar-refractivity contribution in [3.8, 4) is 0 Å². The van der Waals surface area contributed by atoms with E-state index in [9.17, 15) is 0 Å². The lowest BCUT2D eigenvalue weighted by molar-refractivity contribution is 0.0522. The van der Waals surface area contributed by atoms with Crippen molar-refractivity contribution in [1.82, 2.24) is 10.6 Å². The quantitative estimate of drug-likeness (QED) is 0.779. The van der Waals surface area contributed by atoms with Crippen molar-refractivity contribution < 1.29 is 4.74 Å². The van der Waals surface area contributed by atoms with Crippen molar-refractivity contribution in [2.75, 3.05) is 26.3 Å². The van der Waals surface area contributed by atoms with Crippen LogP contribution in [-0.4, -0.2) is 38.4 Å². The molecule has 3 heteroatoms. The predicted octanol–water partition coefficient (Wildman–Crippen LogP) is 1.53. The van der Waals surface area contributed by atoms with Crippen molar-refractivity contribution in [2.24, 2.45) is 11.3 Å². The zero-order valence-corrected chi connectivity index (χ0v) is 11.0. The highest BCUT2D eigenvalue weighted by Gasteiger charge is 2.40. The van der Waals surface area contributed by atoms with Crippen LogP contribution in [0.2, 0.25) is 0 Å². The van der Waals surface area contributed by atoms with Gasteiger partial charge in [0.2, 0.25) is 0 Å². The third kappa shape index (κ3) is 2.83. The van der Waals surface area contributed by atoms with Crippen molar-refractivity contribution in [1.29, 1.82) is 0 Å². The summed E-state index contributed by atoms with van der Waals surface area (Å²) in [4.78, 5) is 0. The van der Waals surface area contributed by atoms with E-state index in [0.717, 1.165) is 31.7 Å². The second-order valence-corrected chi connectivity index (χ2v) is 6.53. The van der Waals surface area contributed by atoms with Crippen LogP contribution in [0.5, 0.6) is 0 Å². The first-order chi connectivity index (χ1) is 8.27. The molecule has 0 aromatic rings. The monoisotopic (exact) mass is 238 g/mol. The third-order valence-electron chi connectivity index (χ3n) is 4.93. The summed E-state index contributed by atoms with van der Waals surface area (Å²) in [5.74, 6) is 0.789. The van der Waals surface area contributed by atoms with Crippen molar-refractivity contribution >= 4 is 0 Å². The zero-order chi connectivity index (χ0) is 11.7. The van der Waals surface area contributed by atoms with Crippen molar-refractivity contribution in [3.63, 3.8) is 0 Å². The summed E-state index contributed by atoms with van der Waals surface area (Å²) in [5.41, 5.74) is 0.629. The molecular formula is C14H26N2O. The Bertz CT molecular complexity index is 259. The molecule has 2 aliphatic carbocycles. The van der Waals surface area contributed by atoms with E-state index < -0.39 is 0 Å². The van der Waals surface area contributed by atoms with Gasteiger partial charge >= 0.3 is 0 Å². The Labute approximate surface area is 105 Å². The maximum atomic E-state index is 5.61. The van der Waals surface area contributed by atoms with Crippen LogP contribution in [0, 0.1) is 11.3 Å². The second kappa shape index (κ2) is 4.87. The fourth-order valence-electron chi connectivity index (χ4n) is 3.35. The second-order valence-electron chi connectivity index (χ2n) is 6.53. The molecule has 1 saturated heterocycles. The van der Waals surface area contributed by atoms with E-state index in [0.29, 0.717) is 11.5 Å². The highest BCUT2D eigenvalue weighted by atomic mass is 16.5. The molecule has 1 aliphatic heterocycles. The van der Waals surface area contributed by atoms with Crippen LogP contribution >= 0.6 is 0 Å². The lowest BCUT2D eigenvalue weighted by Gasteiger charge is -2.33. The van der Waals surface area contributed by atoms with Gasteiger partial charge in [-0.15, -0.1) is 0 Å². The molecule has 0 aromatic carbocycles. The van der Waals surface area contributed by atoms with E-state index in [2.05, 4.69) is 17.6 Å². The van der Waals surface area contributed by atoms with Gasteiger partial charge in [0.15, 0.2) is 0 Å². The van der Waals surface area contributed by atoms with Crippen LogP contribution in [0.3, 0.4) is 0 Å². The van der Waals surface area contributed by atoms with Gasteiger partial charge in [0, 0.05) is 25.2 Å². The Hall–Kier alpha value is -0.120. The predicted molar refractivity (Wildman–Crippen MR) is 69.1 cm³/mol. The van der Waals surface area contributed by atoms with E-state index in [4.69, 9.17) is 4.74 Å². The average Bonchev–Trinajstić information content (AvgIpc) is 2.93. The first-order valence-electron chi connectivity index (χ1n) is 7.31. The standard InChI is InChI=1S/C14H26N2O/c1-14(5-6-14)10-16-12-4-2-3-11(12)13-9-17-8-7-15-13/h11-13,15-16H,2-10H2,1H3. The molecule has 1 heterocycles. The van der Waals surface area contributed by atoms with Crippen LogP contribution in [0.25, 0.3) is 0 Å². The zero-order valence-electron chi connectivity index (χ0n) is 11.0. The Morgan fingerprint density at radius 3 is 2.94 bits per heavy atom. The molecule has 98 valence electrons. The number of morpholine rings is 1. The summed E-state index contributed by atoms with van der Waals surface area (Å²) in [6.07, 6.45) is 6.95. The van der Waals surface area contributed by atoms with Crippen molar-refractivity contribution in [2.45, 2.75) is 51.1 Å². The van der Waals surface area contributed by atoms with Gasteiger partial charge in [0.05, 0.1) is 13.2 Å². The lowest BCUT2D eigenvalue weighted by atomic mass is 9.93. The topological polar surface area (TPSA) is 33.3 Å². The molecule has 0 bridgehead atoms. The molecule has 0 amide bonds. The number of hydrogen-bond donors (Lipinski definition) is 2. The summed E-state index contributed by atoms with van der Waals surface area (Å²) < 4.78 is 5.61. The molecule has 3 atom stereocenters. The Morgan fingerprint density at radius 2 is 2.24 bits per heavy atom. The van der Waals surface area contributed by atoms with Crippen LogP contribution in [0.4, 0.5) is 0 Å². The smallest absolute Gasteiger partial charge is 0.0623 e. The van der Waals surface area contributed by atoms with E-state index in [-0.39, 0.29) is 0 Å². The van der Waals surface area contributed by atoms with Crippen LogP contribution in [-0.2, 0) is 4.74 Å². The third-order valence-corrected chi connectivity index (χ3v) is 4.93. The SMILES string of the molecule is CC1(CNC2CCCC2C2COCCN2)CC1. The van der Waals surface area contributed by atoms with Gasteiger partial charge in [-0.05, 0) is 37.0 Å². The first-order valence-corrected chi connectivity index (χ1v) is 7.31. The summed E-state index contributed by atoms with van der Waals surface area (Å²) in [5, 5.41) is 7.47. The molecule has 3 aliphatic rings. The van der Waals surface area contributed by atoms with Crippen LogP contribution < -0.4 is 10.6 Å². The maximum absolute atomic E-state index is 5.61. The summed E-state index contributed by atoms with van der Waals surface area (Å²) in [7, 11) is 0. The summed E-state index contributed by atoms with van der Waals surface area (Å²) >= 11 is 0. The number of ether oxygens (including phenoxy) is 1.